The quantitative estimate of drug-likeness (QED) is 0.308. The number of halogens is 3. The standard InChI is InChI=1S/C26H26F3N2/c1-17(2)21-8-7-9-22(18(3)4)25(21)31-16-30-15-6-5-10-23(30)24(31)19-11-13-20(14-12-19)26(27,28)29/h5-18H,1-4H3/q+1. The molecule has 0 spiro atoms. The Labute approximate surface area is 180 Å². The Balaban J connectivity index is 2.05. The van der Waals surface area contributed by atoms with Crippen LogP contribution in [0.4, 0.5) is 13.2 Å². The zero-order chi connectivity index (χ0) is 22.3. The van der Waals surface area contributed by atoms with Gasteiger partial charge in [0, 0.05) is 16.7 Å². The molecule has 5 heteroatoms. The van der Waals surface area contributed by atoms with Gasteiger partial charge in [-0.25, -0.2) is 4.40 Å². The maximum atomic E-state index is 13.1. The molecule has 0 aliphatic heterocycles. The minimum Gasteiger partial charge on any atom is -0.201 e. The van der Waals surface area contributed by atoms with Crippen molar-refractivity contribution in [2.75, 3.05) is 0 Å². The highest BCUT2D eigenvalue weighted by Gasteiger charge is 2.31. The summed E-state index contributed by atoms with van der Waals surface area (Å²) in [5, 5.41) is 0. The van der Waals surface area contributed by atoms with Crippen LogP contribution >= 0.6 is 0 Å². The van der Waals surface area contributed by atoms with Gasteiger partial charge in [-0.15, -0.1) is 0 Å². The summed E-state index contributed by atoms with van der Waals surface area (Å²) in [5.41, 5.74) is 5.44. The maximum Gasteiger partial charge on any atom is 0.416 e. The van der Waals surface area contributed by atoms with Crippen molar-refractivity contribution in [3.8, 4) is 16.9 Å². The van der Waals surface area contributed by atoms with Crippen LogP contribution in [-0.2, 0) is 6.18 Å². The van der Waals surface area contributed by atoms with Gasteiger partial charge in [0.15, 0.2) is 11.2 Å². The number of alkyl halides is 3. The molecule has 31 heavy (non-hydrogen) atoms. The Kier molecular flexibility index (Phi) is 5.38. The predicted molar refractivity (Wildman–Crippen MR) is 118 cm³/mol. The van der Waals surface area contributed by atoms with Crippen molar-refractivity contribution in [2.24, 2.45) is 0 Å². The van der Waals surface area contributed by atoms with E-state index in [1.54, 1.807) is 12.1 Å². The molecule has 0 saturated carbocycles. The van der Waals surface area contributed by atoms with Gasteiger partial charge < -0.3 is 0 Å². The summed E-state index contributed by atoms with van der Waals surface area (Å²) in [6.07, 6.45) is -0.367. The van der Waals surface area contributed by atoms with E-state index in [0.29, 0.717) is 11.8 Å². The first-order valence-electron chi connectivity index (χ1n) is 10.5. The molecule has 0 aliphatic rings. The Morgan fingerprint density at radius 3 is 1.94 bits per heavy atom. The number of aromatic nitrogens is 2. The molecule has 4 aromatic rings. The summed E-state index contributed by atoms with van der Waals surface area (Å²) >= 11 is 0. The molecular formula is C26H26F3N2+. The number of nitrogens with zero attached hydrogens (tertiary/aromatic N) is 2. The average Bonchev–Trinajstić information content (AvgIpc) is 3.11. The third-order valence-corrected chi connectivity index (χ3v) is 5.68. The molecule has 0 fully saturated rings. The van der Waals surface area contributed by atoms with Gasteiger partial charge >= 0.3 is 6.18 Å². The van der Waals surface area contributed by atoms with Crippen LogP contribution in [0.2, 0.25) is 0 Å². The monoisotopic (exact) mass is 423 g/mol. The second kappa shape index (κ2) is 7.88. The topological polar surface area (TPSA) is 8.29 Å². The number of hydrogen-bond acceptors (Lipinski definition) is 0. The Hall–Kier alpha value is -3.08. The van der Waals surface area contributed by atoms with Gasteiger partial charge in [0.2, 0.25) is 0 Å². The summed E-state index contributed by atoms with van der Waals surface area (Å²) in [4.78, 5) is 0. The van der Waals surface area contributed by atoms with Crippen LogP contribution in [0, 0.1) is 0 Å². The third-order valence-electron chi connectivity index (χ3n) is 5.68. The summed E-state index contributed by atoms with van der Waals surface area (Å²) in [6, 6.07) is 17.7. The molecular weight excluding hydrogens is 397 g/mol. The second-order valence-corrected chi connectivity index (χ2v) is 8.50. The third kappa shape index (κ3) is 3.85. The lowest BCUT2D eigenvalue weighted by Crippen LogP contribution is -2.34. The van der Waals surface area contributed by atoms with E-state index in [9.17, 15) is 13.2 Å². The first-order chi connectivity index (χ1) is 14.7. The fraction of sp³-hybridized carbons (Fsp3) is 0.269. The van der Waals surface area contributed by atoms with Crippen molar-refractivity contribution in [3.05, 3.63) is 89.9 Å². The van der Waals surface area contributed by atoms with E-state index in [1.165, 1.54) is 11.1 Å². The van der Waals surface area contributed by atoms with E-state index in [1.807, 2.05) is 35.1 Å². The Morgan fingerprint density at radius 2 is 1.39 bits per heavy atom. The molecule has 2 heterocycles. The first kappa shape index (κ1) is 21.2. The molecule has 0 unspecified atom stereocenters. The Morgan fingerprint density at radius 1 is 0.774 bits per heavy atom. The fourth-order valence-electron chi connectivity index (χ4n) is 4.13. The summed E-state index contributed by atoms with van der Waals surface area (Å²) in [7, 11) is 0. The second-order valence-electron chi connectivity index (χ2n) is 8.50. The smallest absolute Gasteiger partial charge is 0.201 e. The van der Waals surface area contributed by atoms with Gasteiger partial charge in [0.1, 0.15) is 5.69 Å². The molecule has 0 saturated heterocycles. The number of rotatable bonds is 4. The van der Waals surface area contributed by atoms with Gasteiger partial charge in [0.25, 0.3) is 6.33 Å². The van der Waals surface area contributed by atoms with E-state index in [4.69, 9.17) is 0 Å². The van der Waals surface area contributed by atoms with Crippen LogP contribution in [0.25, 0.3) is 22.5 Å². The highest BCUT2D eigenvalue weighted by atomic mass is 19.4. The number of imidazole rings is 1. The van der Waals surface area contributed by atoms with Crippen molar-refractivity contribution in [1.82, 2.24) is 4.40 Å². The number of fused-ring (bicyclic) bond motifs is 1. The van der Waals surface area contributed by atoms with Crippen LogP contribution in [0.15, 0.2) is 73.2 Å². The van der Waals surface area contributed by atoms with E-state index in [0.717, 1.165) is 34.6 Å². The lowest BCUT2D eigenvalue weighted by Gasteiger charge is -2.17. The normalized spacial score (nSPS) is 12.3. The van der Waals surface area contributed by atoms with Gasteiger partial charge in [0.05, 0.1) is 11.8 Å². The van der Waals surface area contributed by atoms with Gasteiger partial charge in [-0.2, -0.15) is 17.7 Å². The van der Waals surface area contributed by atoms with E-state index < -0.39 is 11.7 Å². The molecule has 2 aromatic heterocycles. The van der Waals surface area contributed by atoms with Crippen LogP contribution < -0.4 is 4.57 Å². The van der Waals surface area contributed by atoms with E-state index in [-0.39, 0.29) is 0 Å². The molecule has 4 rings (SSSR count). The first-order valence-corrected chi connectivity index (χ1v) is 10.5. The molecule has 0 amide bonds. The SMILES string of the molecule is CC(C)c1cccc(C(C)C)c1-[n+]1cn2ccccc2c1-c1ccc(C(F)(F)F)cc1. The van der Waals surface area contributed by atoms with Crippen molar-refractivity contribution in [3.63, 3.8) is 0 Å². The van der Waals surface area contributed by atoms with E-state index >= 15 is 0 Å². The zero-order valence-corrected chi connectivity index (χ0v) is 18.1. The molecule has 0 bridgehead atoms. The number of pyridine rings is 1. The number of para-hydroxylation sites is 1. The molecule has 0 aliphatic carbocycles. The lowest BCUT2D eigenvalue weighted by molar-refractivity contribution is -0.584. The fourth-order valence-corrected chi connectivity index (χ4v) is 4.13. The predicted octanol–water partition coefficient (Wildman–Crippen LogP) is 7.15. The lowest BCUT2D eigenvalue weighted by atomic mass is 9.92. The van der Waals surface area contributed by atoms with Gasteiger partial charge in [-0.3, -0.25) is 0 Å². The van der Waals surface area contributed by atoms with Crippen molar-refractivity contribution in [1.29, 1.82) is 0 Å². The minimum absolute atomic E-state index is 0.296. The van der Waals surface area contributed by atoms with Crippen molar-refractivity contribution >= 4 is 5.52 Å². The molecule has 0 atom stereocenters. The van der Waals surface area contributed by atoms with Crippen LogP contribution in [0.5, 0.6) is 0 Å². The zero-order valence-electron chi connectivity index (χ0n) is 18.1. The largest absolute Gasteiger partial charge is 0.416 e. The van der Waals surface area contributed by atoms with Crippen LogP contribution in [0.3, 0.4) is 0 Å². The number of hydrogen-bond donors (Lipinski definition) is 0. The summed E-state index contributed by atoms with van der Waals surface area (Å²) < 4.78 is 43.6. The molecule has 0 N–H and O–H groups in total. The average molecular weight is 424 g/mol. The van der Waals surface area contributed by atoms with Crippen LogP contribution in [0.1, 0.15) is 56.2 Å². The van der Waals surface area contributed by atoms with Crippen molar-refractivity contribution < 1.29 is 17.7 Å². The molecule has 160 valence electrons. The van der Waals surface area contributed by atoms with Crippen LogP contribution in [-0.4, -0.2) is 4.40 Å². The molecule has 2 nitrogen and oxygen atoms in total. The van der Waals surface area contributed by atoms with Gasteiger partial charge in [-0.1, -0.05) is 52.0 Å². The summed E-state index contributed by atoms with van der Waals surface area (Å²) in [5.74, 6) is 0.592. The molecule has 2 aromatic carbocycles. The Bertz CT molecular complexity index is 1190. The number of benzene rings is 2. The maximum absolute atomic E-state index is 13.1. The van der Waals surface area contributed by atoms with Gasteiger partial charge in [-0.05, 0) is 48.2 Å². The highest BCUT2D eigenvalue weighted by molar-refractivity contribution is 5.75. The van der Waals surface area contributed by atoms with E-state index in [2.05, 4.69) is 50.5 Å². The summed E-state index contributed by atoms with van der Waals surface area (Å²) in [6.45, 7) is 8.66. The molecule has 0 radical (unpaired) electrons. The van der Waals surface area contributed by atoms with Crippen molar-refractivity contribution in [2.45, 2.75) is 45.7 Å². The highest BCUT2D eigenvalue weighted by Crippen LogP contribution is 2.34. The minimum atomic E-state index is -4.35.